The first-order valence-corrected chi connectivity index (χ1v) is 5.81. The summed E-state index contributed by atoms with van der Waals surface area (Å²) in [6.07, 6.45) is 3.78. The fourth-order valence-electron chi connectivity index (χ4n) is 1.59. The Hall–Kier alpha value is -1.63. The average molecular weight is 299 g/mol. The zero-order chi connectivity index (χ0) is 12.6. The van der Waals surface area contributed by atoms with Crippen LogP contribution in [-0.2, 0) is 13.6 Å². The van der Waals surface area contributed by atoms with Crippen molar-refractivity contribution in [2.75, 3.05) is 0 Å². The molecular weight excluding hydrogens is 288 g/mol. The van der Waals surface area contributed by atoms with E-state index in [1.54, 1.807) is 11.6 Å². The maximum absolute atomic E-state index is 11.8. The van der Waals surface area contributed by atoms with E-state index in [4.69, 9.17) is 0 Å². The van der Waals surface area contributed by atoms with Gasteiger partial charge in [-0.15, -0.1) is 0 Å². The van der Waals surface area contributed by atoms with Crippen molar-refractivity contribution in [3.8, 4) is 0 Å². The van der Waals surface area contributed by atoms with E-state index in [0.29, 0.717) is 22.4 Å². The molecule has 2 aromatic rings. The van der Waals surface area contributed by atoms with Gasteiger partial charge in [0.05, 0.1) is 0 Å². The average Bonchev–Trinajstić information content (AvgIpc) is 2.61. The molecule has 17 heavy (non-hydrogen) atoms. The van der Waals surface area contributed by atoms with Crippen LogP contribution in [0.3, 0.4) is 0 Å². The number of allylic oxidation sites excluding steroid dienone is 2. The zero-order valence-electron chi connectivity index (χ0n) is 9.40. The predicted octanol–water partition coefficient (Wildman–Crippen LogP) is 0.762. The van der Waals surface area contributed by atoms with Crippen LogP contribution in [-0.4, -0.2) is 19.1 Å². The molecule has 0 aliphatic carbocycles. The fraction of sp³-hybridized carbons (Fsp3) is 0.300. The molecule has 0 aliphatic rings. The number of hydrogen-bond donors (Lipinski definition) is 1. The van der Waals surface area contributed by atoms with Gasteiger partial charge >= 0.3 is 5.69 Å². The lowest BCUT2D eigenvalue weighted by Gasteiger charge is -2.01. The van der Waals surface area contributed by atoms with Crippen LogP contribution >= 0.6 is 15.9 Å². The topological polar surface area (TPSA) is 72.7 Å². The molecule has 7 heteroatoms. The number of H-pyrrole nitrogens is 1. The molecule has 2 aromatic heterocycles. The van der Waals surface area contributed by atoms with Crippen molar-refractivity contribution < 1.29 is 0 Å². The molecule has 0 aliphatic heterocycles. The van der Waals surface area contributed by atoms with Crippen molar-refractivity contribution >= 4 is 27.1 Å². The summed E-state index contributed by atoms with van der Waals surface area (Å²) in [6.45, 7) is 2.42. The Balaban J connectivity index is 2.87. The molecule has 0 aromatic carbocycles. The smallest absolute Gasteiger partial charge is 0.309 e. The third-order valence-corrected chi connectivity index (χ3v) is 3.09. The molecule has 0 saturated heterocycles. The van der Waals surface area contributed by atoms with Crippen LogP contribution in [0.5, 0.6) is 0 Å². The molecule has 0 unspecified atom stereocenters. The minimum absolute atomic E-state index is 0.370. The molecule has 0 radical (unpaired) electrons. The molecule has 2 rings (SSSR count). The predicted molar refractivity (Wildman–Crippen MR) is 68.1 cm³/mol. The van der Waals surface area contributed by atoms with Gasteiger partial charge in [-0.2, -0.15) is 0 Å². The maximum Gasteiger partial charge on any atom is 0.329 e. The van der Waals surface area contributed by atoms with Crippen molar-refractivity contribution in [3.05, 3.63) is 37.7 Å². The van der Waals surface area contributed by atoms with Gasteiger partial charge in [0.25, 0.3) is 5.56 Å². The summed E-state index contributed by atoms with van der Waals surface area (Å²) in [7, 11) is 1.57. The number of halogens is 1. The molecule has 0 atom stereocenters. The lowest BCUT2D eigenvalue weighted by molar-refractivity contribution is 0.808. The highest BCUT2D eigenvalue weighted by Crippen LogP contribution is 2.15. The molecular formula is C10H11BrN4O2. The number of rotatable bonds is 2. The summed E-state index contributed by atoms with van der Waals surface area (Å²) in [5.41, 5.74) is -0.135. The number of nitrogens with one attached hydrogen (secondary N) is 1. The van der Waals surface area contributed by atoms with E-state index < -0.39 is 11.2 Å². The summed E-state index contributed by atoms with van der Waals surface area (Å²) in [4.78, 5) is 29.6. The van der Waals surface area contributed by atoms with Crippen LogP contribution in [0.25, 0.3) is 11.2 Å². The number of fused-ring (bicyclic) bond motifs is 1. The van der Waals surface area contributed by atoms with Crippen molar-refractivity contribution in [3.63, 3.8) is 0 Å². The maximum atomic E-state index is 11.8. The minimum Gasteiger partial charge on any atom is -0.309 e. The summed E-state index contributed by atoms with van der Waals surface area (Å²) >= 11 is 3.28. The van der Waals surface area contributed by atoms with Gasteiger partial charge in [0, 0.05) is 13.6 Å². The Bertz CT molecular complexity index is 707. The largest absolute Gasteiger partial charge is 0.329 e. The Morgan fingerprint density at radius 1 is 1.47 bits per heavy atom. The first-order chi connectivity index (χ1) is 8.06. The normalized spacial score (nSPS) is 11.7. The van der Waals surface area contributed by atoms with E-state index in [2.05, 4.69) is 25.9 Å². The van der Waals surface area contributed by atoms with Crippen molar-refractivity contribution in [1.29, 1.82) is 0 Å². The van der Waals surface area contributed by atoms with E-state index in [1.807, 2.05) is 19.1 Å². The number of nitrogens with zero attached hydrogens (tertiary/aromatic N) is 3. The molecule has 0 bridgehead atoms. The SMILES string of the molecule is C/C=C/Cn1c(Br)nc2c1c(=O)[nH]c(=O)n2C. The standard InChI is InChI=1S/C10H11BrN4O2/c1-3-4-5-15-6-7(12-9(15)11)14(2)10(17)13-8(6)16/h3-4H,5H2,1-2H3,(H,13,16,17)/b4-3+. The van der Waals surface area contributed by atoms with Crippen LogP contribution in [0.15, 0.2) is 26.5 Å². The van der Waals surface area contributed by atoms with Gasteiger partial charge in [0.15, 0.2) is 15.9 Å². The summed E-state index contributed by atoms with van der Waals surface area (Å²) in [5, 5.41) is 0. The Morgan fingerprint density at radius 2 is 2.18 bits per heavy atom. The number of aromatic nitrogens is 4. The first kappa shape index (κ1) is 11.8. The molecule has 2 heterocycles. The zero-order valence-corrected chi connectivity index (χ0v) is 11.0. The van der Waals surface area contributed by atoms with Gasteiger partial charge in [0.2, 0.25) is 0 Å². The fourth-order valence-corrected chi connectivity index (χ4v) is 2.08. The number of aromatic amines is 1. The van der Waals surface area contributed by atoms with E-state index in [0.717, 1.165) is 0 Å². The Morgan fingerprint density at radius 3 is 2.82 bits per heavy atom. The number of aryl methyl sites for hydroxylation is 1. The van der Waals surface area contributed by atoms with Gasteiger partial charge in [-0.3, -0.25) is 14.3 Å². The van der Waals surface area contributed by atoms with Crippen molar-refractivity contribution in [2.45, 2.75) is 13.5 Å². The Kier molecular flexibility index (Phi) is 3.01. The van der Waals surface area contributed by atoms with Crippen LogP contribution in [0.1, 0.15) is 6.92 Å². The van der Waals surface area contributed by atoms with E-state index in [-0.39, 0.29) is 0 Å². The summed E-state index contributed by atoms with van der Waals surface area (Å²) in [6, 6.07) is 0. The van der Waals surface area contributed by atoms with Gasteiger partial charge in [-0.1, -0.05) is 12.2 Å². The van der Waals surface area contributed by atoms with E-state index in [1.165, 1.54) is 4.57 Å². The molecule has 6 nitrogen and oxygen atoms in total. The van der Waals surface area contributed by atoms with E-state index in [9.17, 15) is 9.59 Å². The second-order valence-corrected chi connectivity index (χ2v) is 4.26. The Labute approximate surface area is 105 Å². The second-order valence-electron chi connectivity index (χ2n) is 3.55. The van der Waals surface area contributed by atoms with Crippen molar-refractivity contribution in [2.24, 2.45) is 7.05 Å². The molecule has 0 fully saturated rings. The van der Waals surface area contributed by atoms with Gasteiger partial charge < -0.3 is 4.57 Å². The van der Waals surface area contributed by atoms with Crippen molar-refractivity contribution in [1.82, 2.24) is 19.1 Å². The molecule has 90 valence electrons. The van der Waals surface area contributed by atoms with Gasteiger partial charge in [-0.05, 0) is 22.9 Å². The number of hydrogen-bond acceptors (Lipinski definition) is 3. The lowest BCUT2D eigenvalue weighted by Crippen LogP contribution is -2.29. The summed E-state index contributed by atoms with van der Waals surface area (Å²) < 4.78 is 3.54. The highest BCUT2D eigenvalue weighted by atomic mass is 79.9. The summed E-state index contributed by atoms with van der Waals surface area (Å²) in [5.74, 6) is 0. The lowest BCUT2D eigenvalue weighted by atomic mass is 10.4. The van der Waals surface area contributed by atoms with Crippen LogP contribution < -0.4 is 11.2 Å². The van der Waals surface area contributed by atoms with Crippen LogP contribution in [0.4, 0.5) is 0 Å². The molecule has 0 spiro atoms. The van der Waals surface area contributed by atoms with Crippen LogP contribution in [0.2, 0.25) is 0 Å². The number of imidazole rings is 1. The third-order valence-electron chi connectivity index (χ3n) is 2.48. The first-order valence-electron chi connectivity index (χ1n) is 5.02. The second kappa shape index (κ2) is 4.33. The minimum atomic E-state index is -0.467. The molecule has 0 amide bonds. The monoisotopic (exact) mass is 298 g/mol. The molecule has 1 N–H and O–H groups in total. The van der Waals surface area contributed by atoms with Crippen LogP contribution in [0, 0.1) is 0 Å². The quantitative estimate of drug-likeness (QED) is 0.657. The highest BCUT2D eigenvalue weighted by molar-refractivity contribution is 9.10. The highest BCUT2D eigenvalue weighted by Gasteiger charge is 2.14. The van der Waals surface area contributed by atoms with E-state index >= 15 is 0 Å². The molecule has 0 saturated carbocycles. The van der Waals surface area contributed by atoms with Gasteiger partial charge in [-0.25, -0.2) is 9.78 Å². The van der Waals surface area contributed by atoms with Gasteiger partial charge in [0.1, 0.15) is 0 Å². The third kappa shape index (κ3) is 1.86.